The van der Waals surface area contributed by atoms with Crippen molar-refractivity contribution in [3.05, 3.63) is 53.6 Å². The normalized spacial score (nSPS) is 12.7. The van der Waals surface area contributed by atoms with Crippen molar-refractivity contribution in [2.75, 3.05) is 11.9 Å². The van der Waals surface area contributed by atoms with Gasteiger partial charge in [0.1, 0.15) is 11.5 Å². The molecular weight excluding hydrogens is 427 g/mol. The van der Waals surface area contributed by atoms with Crippen LogP contribution in [0.5, 0.6) is 11.5 Å². The summed E-state index contributed by atoms with van der Waals surface area (Å²) >= 11 is 0. The number of ether oxygens (including phenoxy) is 2. The molecule has 0 aliphatic rings. The highest BCUT2D eigenvalue weighted by Gasteiger charge is 2.32. The van der Waals surface area contributed by atoms with E-state index in [-0.39, 0.29) is 22.8 Å². The molecule has 0 spiro atoms. The highest BCUT2D eigenvalue weighted by molar-refractivity contribution is 5.97. The number of carbonyl (C=O) groups is 2. The maximum atomic E-state index is 12.6. The van der Waals surface area contributed by atoms with Gasteiger partial charge in [-0.25, -0.2) is 9.59 Å². The first kappa shape index (κ1) is 23.1. The van der Waals surface area contributed by atoms with Gasteiger partial charge in [-0.05, 0) is 42.5 Å². The van der Waals surface area contributed by atoms with Gasteiger partial charge >= 0.3 is 18.3 Å². The van der Waals surface area contributed by atoms with Crippen molar-refractivity contribution in [3.63, 3.8) is 0 Å². The first-order chi connectivity index (χ1) is 14.5. The Balaban J connectivity index is 2.42. The number of anilines is 1. The summed E-state index contributed by atoms with van der Waals surface area (Å²) in [6.45, 7) is -0.854. The summed E-state index contributed by atoms with van der Waals surface area (Å²) in [6.07, 6.45) is -5.03. The molecule has 0 aliphatic heterocycles. The minimum Gasteiger partial charge on any atom is -0.482 e. The predicted octanol–water partition coefficient (Wildman–Crippen LogP) is 2.38. The molecule has 1 atom stereocenters. The van der Waals surface area contributed by atoms with Gasteiger partial charge in [-0.3, -0.25) is 0 Å². The zero-order valence-corrected chi connectivity index (χ0v) is 15.5. The molecule has 6 N–H and O–H groups in total. The minimum absolute atomic E-state index is 0.192. The Bertz CT molecular complexity index is 978. The van der Waals surface area contributed by atoms with Gasteiger partial charge in [0.05, 0.1) is 0 Å². The van der Waals surface area contributed by atoms with E-state index >= 15 is 0 Å². The van der Waals surface area contributed by atoms with Crippen LogP contribution >= 0.6 is 0 Å². The summed E-state index contributed by atoms with van der Waals surface area (Å²) in [7, 11) is 0. The molecule has 13 heteroatoms. The molecule has 10 nitrogen and oxygen atoms in total. The first-order valence-corrected chi connectivity index (χ1v) is 8.31. The van der Waals surface area contributed by atoms with Gasteiger partial charge < -0.3 is 35.9 Å². The van der Waals surface area contributed by atoms with Crippen molar-refractivity contribution < 1.29 is 47.7 Å². The second kappa shape index (κ2) is 9.56. The average Bonchev–Trinajstić information content (AvgIpc) is 2.69. The number of rotatable bonds is 9. The van der Waals surface area contributed by atoms with Gasteiger partial charge in [0.25, 0.3) is 0 Å². The molecule has 0 aromatic heterocycles. The van der Waals surface area contributed by atoms with E-state index in [4.69, 9.17) is 20.8 Å². The molecule has 0 bridgehead atoms. The molecule has 0 fully saturated rings. The molecule has 2 rings (SSSR count). The van der Waals surface area contributed by atoms with Crippen LogP contribution in [0.3, 0.4) is 0 Å². The second-order valence-electron chi connectivity index (χ2n) is 5.91. The molecule has 31 heavy (non-hydrogen) atoms. The minimum atomic E-state index is -5.03. The lowest BCUT2D eigenvalue weighted by Gasteiger charge is -2.20. The predicted molar refractivity (Wildman–Crippen MR) is 99.2 cm³/mol. The average molecular weight is 443 g/mol. The number of oxime groups is 1. The molecule has 0 heterocycles. The van der Waals surface area contributed by atoms with Gasteiger partial charge in [0.15, 0.2) is 18.5 Å². The monoisotopic (exact) mass is 443 g/mol. The molecule has 166 valence electrons. The van der Waals surface area contributed by atoms with Gasteiger partial charge in [-0.2, -0.15) is 0 Å². The number of alkyl halides is 3. The van der Waals surface area contributed by atoms with Crippen LogP contribution in [-0.4, -0.2) is 46.2 Å². The van der Waals surface area contributed by atoms with Crippen molar-refractivity contribution in [1.29, 1.82) is 0 Å². The van der Waals surface area contributed by atoms with E-state index in [1.165, 1.54) is 24.3 Å². The number of amidine groups is 1. The Labute approximate surface area is 172 Å². The maximum Gasteiger partial charge on any atom is 0.573 e. The van der Waals surface area contributed by atoms with E-state index in [2.05, 4.69) is 15.2 Å². The Kier molecular flexibility index (Phi) is 7.13. The van der Waals surface area contributed by atoms with Gasteiger partial charge in [0, 0.05) is 16.8 Å². The van der Waals surface area contributed by atoms with Crippen LogP contribution in [0.15, 0.2) is 47.6 Å². The summed E-state index contributed by atoms with van der Waals surface area (Å²) < 4.78 is 46.5. The van der Waals surface area contributed by atoms with E-state index in [0.717, 1.165) is 18.2 Å². The SMILES string of the molecule is N/C(=N\O)c1ccc(NC(C(=O)O)c2cc(OC(F)(F)F)ccc2OCC(=O)O)cc1. The number of hydrogen-bond acceptors (Lipinski definition) is 7. The lowest BCUT2D eigenvalue weighted by molar-refractivity contribution is -0.274. The van der Waals surface area contributed by atoms with Crippen LogP contribution in [0.2, 0.25) is 0 Å². The second-order valence-corrected chi connectivity index (χ2v) is 5.91. The number of benzene rings is 2. The highest BCUT2D eigenvalue weighted by Crippen LogP contribution is 2.34. The van der Waals surface area contributed by atoms with Crippen molar-refractivity contribution in [2.45, 2.75) is 12.4 Å². The zero-order valence-electron chi connectivity index (χ0n) is 15.5. The third kappa shape index (κ3) is 6.69. The molecule has 2 aromatic rings. The molecule has 0 saturated carbocycles. The molecular formula is C18H16F3N3O7. The highest BCUT2D eigenvalue weighted by atomic mass is 19.4. The van der Waals surface area contributed by atoms with Crippen molar-refractivity contribution in [1.82, 2.24) is 0 Å². The smallest absolute Gasteiger partial charge is 0.482 e. The fourth-order valence-electron chi connectivity index (χ4n) is 2.45. The lowest BCUT2D eigenvalue weighted by atomic mass is 10.0. The number of nitrogens with two attached hydrogens (primary N) is 1. The molecule has 2 aromatic carbocycles. The number of halogens is 3. The van der Waals surface area contributed by atoms with Gasteiger partial charge in [-0.1, -0.05) is 5.16 Å². The number of nitrogens with zero attached hydrogens (tertiary/aromatic N) is 1. The Morgan fingerprint density at radius 3 is 2.29 bits per heavy atom. The molecule has 0 radical (unpaired) electrons. The van der Waals surface area contributed by atoms with Crippen LogP contribution in [0.4, 0.5) is 18.9 Å². The van der Waals surface area contributed by atoms with Crippen molar-refractivity contribution in [3.8, 4) is 11.5 Å². The largest absolute Gasteiger partial charge is 0.573 e. The number of nitrogens with one attached hydrogen (secondary N) is 1. The molecule has 1 unspecified atom stereocenters. The van der Waals surface area contributed by atoms with Crippen LogP contribution in [0.25, 0.3) is 0 Å². The van der Waals surface area contributed by atoms with E-state index in [0.29, 0.717) is 5.56 Å². The Hall–Kier alpha value is -4.16. The van der Waals surface area contributed by atoms with Crippen LogP contribution in [0, 0.1) is 0 Å². The zero-order chi connectivity index (χ0) is 23.2. The third-order valence-electron chi connectivity index (χ3n) is 3.72. The number of carboxylic acid groups (broad SMARTS) is 2. The van der Waals surface area contributed by atoms with E-state index in [9.17, 15) is 27.9 Å². The summed E-state index contributed by atoms with van der Waals surface area (Å²) in [5.41, 5.74) is 5.68. The molecule has 0 amide bonds. The summed E-state index contributed by atoms with van der Waals surface area (Å²) in [6, 6.07) is 6.55. The Morgan fingerprint density at radius 2 is 1.77 bits per heavy atom. The van der Waals surface area contributed by atoms with Crippen LogP contribution in [-0.2, 0) is 9.59 Å². The van der Waals surface area contributed by atoms with Gasteiger partial charge in [0.2, 0.25) is 0 Å². The number of carboxylic acids is 2. The molecule has 0 aliphatic carbocycles. The van der Waals surface area contributed by atoms with E-state index < -0.39 is 36.7 Å². The fraction of sp³-hybridized carbons (Fsp3) is 0.167. The summed E-state index contributed by atoms with van der Waals surface area (Å²) in [5.74, 6) is -4.06. The van der Waals surface area contributed by atoms with Gasteiger partial charge in [-0.15, -0.1) is 13.2 Å². The van der Waals surface area contributed by atoms with E-state index in [1.807, 2.05) is 0 Å². The topological polar surface area (TPSA) is 164 Å². The standard InChI is InChI=1S/C18H16F3N3O7/c19-18(20,21)31-11-5-6-13(30-8-14(25)26)12(7-11)15(17(27)28)23-10-3-1-9(2-4-10)16(22)24-29/h1-7,15,23,29H,8H2,(H2,22,24)(H,25,26)(H,27,28). The van der Waals surface area contributed by atoms with E-state index in [1.54, 1.807) is 0 Å². The number of aliphatic carboxylic acids is 2. The first-order valence-electron chi connectivity index (χ1n) is 8.31. The Morgan fingerprint density at radius 1 is 1.13 bits per heavy atom. The molecule has 0 saturated heterocycles. The number of hydrogen-bond donors (Lipinski definition) is 5. The summed E-state index contributed by atoms with van der Waals surface area (Å²) in [5, 5.41) is 32.5. The van der Waals surface area contributed by atoms with Crippen LogP contribution in [0.1, 0.15) is 17.2 Å². The lowest BCUT2D eigenvalue weighted by Crippen LogP contribution is -2.23. The maximum absolute atomic E-state index is 12.6. The summed E-state index contributed by atoms with van der Waals surface area (Å²) in [4.78, 5) is 22.6. The van der Waals surface area contributed by atoms with Crippen LogP contribution < -0.4 is 20.5 Å². The van der Waals surface area contributed by atoms with Crippen molar-refractivity contribution in [2.24, 2.45) is 10.9 Å². The van der Waals surface area contributed by atoms with Crippen molar-refractivity contribution >= 4 is 23.5 Å². The third-order valence-corrected chi connectivity index (χ3v) is 3.72. The quantitative estimate of drug-likeness (QED) is 0.169. The fourth-order valence-corrected chi connectivity index (χ4v) is 2.45.